The van der Waals surface area contributed by atoms with Crippen LogP contribution in [0.15, 0.2) is 41.8 Å². The number of nitrogens with zero attached hydrogens (tertiary/aromatic N) is 3. The number of nitrogens with one attached hydrogen (secondary N) is 2. The molecule has 0 atom stereocenters. The second-order valence-corrected chi connectivity index (χ2v) is 6.65. The van der Waals surface area contributed by atoms with Crippen molar-refractivity contribution in [3.8, 4) is 0 Å². The predicted octanol–water partition coefficient (Wildman–Crippen LogP) is 0.995. The Labute approximate surface area is 135 Å². The number of carbonyl (C=O) groups excluding carboxylic acids is 1. The summed E-state index contributed by atoms with van der Waals surface area (Å²) in [5.74, 6) is -0.180. The Morgan fingerprint density at radius 1 is 1.26 bits per heavy atom. The van der Waals surface area contributed by atoms with Crippen molar-refractivity contribution in [1.29, 1.82) is 0 Å². The van der Waals surface area contributed by atoms with Crippen molar-refractivity contribution in [2.24, 2.45) is 0 Å². The molecular formula is C14H19N5O3S. The van der Waals surface area contributed by atoms with E-state index in [0.29, 0.717) is 18.8 Å². The number of sulfonamides is 1. The highest BCUT2D eigenvalue weighted by Gasteiger charge is 2.12. The average Bonchev–Trinajstić information content (AvgIpc) is 3.05. The molecule has 23 heavy (non-hydrogen) atoms. The largest absolute Gasteiger partial charge is 0.326 e. The second kappa shape index (κ2) is 7.84. The molecule has 0 saturated heterocycles. The molecule has 2 rings (SSSR count). The van der Waals surface area contributed by atoms with E-state index in [1.54, 1.807) is 16.8 Å². The Kier molecular flexibility index (Phi) is 5.83. The first-order valence-electron chi connectivity index (χ1n) is 7.23. The Morgan fingerprint density at radius 3 is 2.61 bits per heavy atom. The lowest BCUT2D eigenvalue weighted by Gasteiger charge is -2.08. The Hall–Kier alpha value is -2.26. The highest BCUT2D eigenvalue weighted by atomic mass is 32.2. The van der Waals surface area contributed by atoms with E-state index in [9.17, 15) is 13.2 Å². The van der Waals surface area contributed by atoms with Crippen LogP contribution in [0.4, 0.5) is 5.69 Å². The van der Waals surface area contributed by atoms with Gasteiger partial charge in [-0.05, 0) is 30.7 Å². The molecule has 2 N–H and O–H groups in total. The van der Waals surface area contributed by atoms with Gasteiger partial charge in [-0.2, -0.15) is 5.10 Å². The summed E-state index contributed by atoms with van der Waals surface area (Å²) in [4.78, 5) is 15.8. The van der Waals surface area contributed by atoms with Crippen LogP contribution in [0, 0.1) is 0 Å². The van der Waals surface area contributed by atoms with Gasteiger partial charge in [-0.15, -0.1) is 0 Å². The summed E-state index contributed by atoms with van der Waals surface area (Å²) in [5, 5.41) is 6.62. The third kappa shape index (κ3) is 5.15. The van der Waals surface area contributed by atoms with Crippen molar-refractivity contribution < 1.29 is 13.2 Å². The topological polar surface area (TPSA) is 106 Å². The number of amides is 1. The van der Waals surface area contributed by atoms with Crippen LogP contribution in [-0.4, -0.2) is 35.6 Å². The number of carbonyl (C=O) groups is 1. The summed E-state index contributed by atoms with van der Waals surface area (Å²) in [6, 6.07) is 6.05. The fraction of sp³-hybridized carbons (Fsp3) is 0.357. The Balaban J connectivity index is 1.90. The van der Waals surface area contributed by atoms with Gasteiger partial charge in [-0.1, -0.05) is 6.92 Å². The molecule has 0 bridgehead atoms. The molecule has 1 amide bonds. The van der Waals surface area contributed by atoms with Crippen LogP contribution in [-0.2, 0) is 21.4 Å². The van der Waals surface area contributed by atoms with Crippen LogP contribution < -0.4 is 10.0 Å². The number of aryl methyl sites for hydroxylation is 1. The van der Waals surface area contributed by atoms with Gasteiger partial charge in [0.25, 0.3) is 0 Å². The first kappa shape index (κ1) is 17.1. The summed E-state index contributed by atoms with van der Waals surface area (Å²) < 4.78 is 27.9. The number of hydrogen-bond acceptors (Lipinski definition) is 5. The molecule has 2 aromatic rings. The monoisotopic (exact) mass is 337 g/mol. The quantitative estimate of drug-likeness (QED) is 0.747. The van der Waals surface area contributed by atoms with Gasteiger partial charge in [-0.3, -0.25) is 9.48 Å². The van der Waals surface area contributed by atoms with Crippen LogP contribution in [0.3, 0.4) is 0 Å². The maximum absolute atomic E-state index is 11.9. The summed E-state index contributed by atoms with van der Waals surface area (Å²) in [5.41, 5.74) is 0.544. The maximum atomic E-state index is 11.9. The van der Waals surface area contributed by atoms with E-state index in [-0.39, 0.29) is 17.2 Å². The van der Waals surface area contributed by atoms with Crippen molar-refractivity contribution in [2.75, 3.05) is 11.9 Å². The Morgan fingerprint density at radius 2 is 2.00 bits per heavy atom. The van der Waals surface area contributed by atoms with Gasteiger partial charge in [-0.25, -0.2) is 18.1 Å². The van der Waals surface area contributed by atoms with E-state index in [1.807, 2.05) is 6.92 Å². The molecule has 0 fully saturated rings. The lowest BCUT2D eigenvalue weighted by atomic mass is 10.3. The van der Waals surface area contributed by atoms with Crippen molar-refractivity contribution in [1.82, 2.24) is 19.5 Å². The normalized spacial score (nSPS) is 11.3. The zero-order chi connectivity index (χ0) is 16.7. The third-order valence-corrected chi connectivity index (χ3v) is 4.50. The van der Waals surface area contributed by atoms with E-state index in [2.05, 4.69) is 20.1 Å². The van der Waals surface area contributed by atoms with Gasteiger partial charge in [0.05, 0.1) is 11.4 Å². The van der Waals surface area contributed by atoms with Crippen LogP contribution >= 0.6 is 0 Å². The van der Waals surface area contributed by atoms with Crippen LogP contribution in [0.1, 0.15) is 19.8 Å². The van der Waals surface area contributed by atoms with Crippen LogP contribution in [0.25, 0.3) is 0 Å². The van der Waals surface area contributed by atoms with E-state index >= 15 is 0 Å². The van der Waals surface area contributed by atoms with Gasteiger partial charge in [0.2, 0.25) is 15.9 Å². The minimum atomic E-state index is -3.49. The summed E-state index contributed by atoms with van der Waals surface area (Å²) in [6.45, 7) is 2.71. The average molecular weight is 337 g/mol. The summed E-state index contributed by atoms with van der Waals surface area (Å²) in [7, 11) is -3.49. The highest BCUT2D eigenvalue weighted by Crippen LogP contribution is 2.14. The van der Waals surface area contributed by atoms with Gasteiger partial charge in [0, 0.05) is 18.7 Å². The molecule has 124 valence electrons. The standard InChI is InChI=1S/C14H19N5O3S/c1-2-8-17-23(21,22)13-5-3-12(4-6-13)18-14(20)7-9-19-11-15-10-16-19/h3-6,10-11,17H,2,7-9H2,1H3,(H,18,20). The molecule has 1 heterocycles. The van der Waals surface area contributed by atoms with E-state index in [0.717, 1.165) is 6.42 Å². The molecule has 9 heteroatoms. The van der Waals surface area contributed by atoms with Gasteiger partial charge < -0.3 is 5.32 Å². The molecule has 0 aliphatic rings. The van der Waals surface area contributed by atoms with Crippen molar-refractivity contribution in [3.05, 3.63) is 36.9 Å². The molecule has 0 aliphatic carbocycles. The molecule has 1 aromatic heterocycles. The zero-order valence-electron chi connectivity index (χ0n) is 12.8. The molecule has 0 radical (unpaired) electrons. The van der Waals surface area contributed by atoms with Crippen molar-refractivity contribution >= 4 is 21.6 Å². The van der Waals surface area contributed by atoms with Crippen LogP contribution in [0.5, 0.6) is 0 Å². The SMILES string of the molecule is CCCNS(=O)(=O)c1ccc(NC(=O)CCn2cncn2)cc1. The molecule has 0 aliphatic heterocycles. The predicted molar refractivity (Wildman–Crippen MR) is 85.2 cm³/mol. The van der Waals surface area contributed by atoms with Crippen molar-refractivity contribution in [2.45, 2.75) is 31.2 Å². The van der Waals surface area contributed by atoms with E-state index in [4.69, 9.17) is 0 Å². The fourth-order valence-corrected chi connectivity index (χ4v) is 2.96. The zero-order valence-corrected chi connectivity index (χ0v) is 13.6. The minimum Gasteiger partial charge on any atom is -0.326 e. The highest BCUT2D eigenvalue weighted by molar-refractivity contribution is 7.89. The van der Waals surface area contributed by atoms with Gasteiger partial charge in [0.15, 0.2) is 0 Å². The van der Waals surface area contributed by atoms with Crippen molar-refractivity contribution in [3.63, 3.8) is 0 Å². The molecule has 0 spiro atoms. The first-order valence-corrected chi connectivity index (χ1v) is 8.71. The fourth-order valence-electron chi connectivity index (χ4n) is 1.82. The Bertz CT molecular complexity index is 726. The summed E-state index contributed by atoms with van der Waals surface area (Å²) in [6.07, 6.45) is 3.92. The minimum absolute atomic E-state index is 0.173. The lowest BCUT2D eigenvalue weighted by molar-refractivity contribution is -0.116. The number of benzene rings is 1. The second-order valence-electron chi connectivity index (χ2n) is 4.88. The molecule has 0 unspecified atom stereocenters. The van der Waals surface area contributed by atoms with E-state index < -0.39 is 10.0 Å². The first-order chi connectivity index (χ1) is 11.0. The maximum Gasteiger partial charge on any atom is 0.240 e. The molecule has 1 aromatic carbocycles. The number of rotatable bonds is 8. The van der Waals surface area contributed by atoms with Crippen LogP contribution in [0.2, 0.25) is 0 Å². The summed E-state index contributed by atoms with van der Waals surface area (Å²) >= 11 is 0. The number of anilines is 1. The van der Waals surface area contributed by atoms with Gasteiger partial charge in [0.1, 0.15) is 12.7 Å². The third-order valence-electron chi connectivity index (χ3n) is 3.03. The lowest BCUT2D eigenvalue weighted by Crippen LogP contribution is -2.24. The smallest absolute Gasteiger partial charge is 0.240 e. The van der Waals surface area contributed by atoms with Gasteiger partial charge >= 0.3 is 0 Å². The van der Waals surface area contributed by atoms with E-state index in [1.165, 1.54) is 24.8 Å². The molecule has 0 saturated carbocycles. The number of aromatic nitrogens is 3. The molecular weight excluding hydrogens is 318 g/mol. The molecule has 8 nitrogen and oxygen atoms in total. The number of hydrogen-bond donors (Lipinski definition) is 2.